The molecule has 4 heteroatoms. The second kappa shape index (κ2) is 5.85. The van der Waals surface area contributed by atoms with Gasteiger partial charge in [-0.1, -0.05) is 31.2 Å². The van der Waals surface area contributed by atoms with Gasteiger partial charge in [0, 0.05) is 12.6 Å². The predicted molar refractivity (Wildman–Crippen MR) is 74.3 cm³/mol. The lowest BCUT2D eigenvalue weighted by atomic mass is 10.1. The first-order valence-corrected chi connectivity index (χ1v) is 8.43. The molecule has 18 heavy (non-hydrogen) atoms. The molecule has 0 unspecified atom stereocenters. The van der Waals surface area contributed by atoms with Crippen molar-refractivity contribution >= 4 is 9.84 Å². The van der Waals surface area contributed by atoms with E-state index in [4.69, 9.17) is 0 Å². The minimum absolute atomic E-state index is 0.333. The Morgan fingerprint density at radius 1 is 1.11 bits per heavy atom. The molecule has 0 amide bonds. The molecule has 0 aromatic heterocycles. The average molecular weight is 267 g/mol. The van der Waals surface area contributed by atoms with Gasteiger partial charge < -0.3 is 5.32 Å². The first-order valence-electron chi connectivity index (χ1n) is 6.60. The molecule has 0 spiro atoms. The lowest BCUT2D eigenvalue weighted by Gasteiger charge is -2.23. The smallest absolute Gasteiger partial charge is 0.150 e. The molecule has 1 fully saturated rings. The van der Waals surface area contributed by atoms with Crippen molar-refractivity contribution in [2.45, 2.75) is 38.8 Å². The van der Waals surface area contributed by atoms with Crippen LogP contribution in [0.15, 0.2) is 24.3 Å². The van der Waals surface area contributed by atoms with E-state index in [2.05, 4.69) is 36.5 Å². The molecule has 0 bridgehead atoms. The van der Waals surface area contributed by atoms with Crippen molar-refractivity contribution in [3.8, 4) is 0 Å². The first-order chi connectivity index (χ1) is 8.59. The van der Waals surface area contributed by atoms with Crippen LogP contribution >= 0.6 is 0 Å². The van der Waals surface area contributed by atoms with Gasteiger partial charge in [-0.25, -0.2) is 8.42 Å². The summed E-state index contributed by atoms with van der Waals surface area (Å²) in [4.78, 5) is 0. The van der Waals surface area contributed by atoms with Crippen molar-refractivity contribution in [3.63, 3.8) is 0 Å². The topological polar surface area (TPSA) is 46.2 Å². The monoisotopic (exact) mass is 267 g/mol. The van der Waals surface area contributed by atoms with Crippen LogP contribution in [-0.4, -0.2) is 26.0 Å². The SMILES string of the molecule is CCc1ccc(CNC2CCS(=O)(=O)CC2)cc1. The fourth-order valence-electron chi connectivity index (χ4n) is 2.25. The highest BCUT2D eigenvalue weighted by Gasteiger charge is 2.22. The van der Waals surface area contributed by atoms with Crippen LogP contribution in [0, 0.1) is 0 Å². The van der Waals surface area contributed by atoms with Crippen LogP contribution in [0.5, 0.6) is 0 Å². The predicted octanol–water partition coefficient (Wildman–Crippen LogP) is 1.92. The standard InChI is InChI=1S/C14H21NO2S/c1-2-12-3-5-13(6-4-12)11-15-14-7-9-18(16,17)10-8-14/h3-6,14-15H,2,7-11H2,1H3. The Hall–Kier alpha value is -0.870. The van der Waals surface area contributed by atoms with E-state index in [-0.39, 0.29) is 0 Å². The van der Waals surface area contributed by atoms with Crippen LogP contribution in [0.4, 0.5) is 0 Å². The molecule has 1 saturated heterocycles. The summed E-state index contributed by atoms with van der Waals surface area (Å²) in [5, 5.41) is 3.45. The quantitative estimate of drug-likeness (QED) is 0.906. The number of benzene rings is 1. The minimum Gasteiger partial charge on any atom is -0.310 e. The van der Waals surface area contributed by atoms with Gasteiger partial charge in [-0.05, 0) is 30.4 Å². The van der Waals surface area contributed by atoms with Crippen LogP contribution in [0.1, 0.15) is 30.9 Å². The normalized spacial score (nSPS) is 19.8. The summed E-state index contributed by atoms with van der Waals surface area (Å²) in [7, 11) is -2.75. The Bertz CT molecular complexity index is 465. The maximum atomic E-state index is 11.3. The Labute approximate surface area is 110 Å². The van der Waals surface area contributed by atoms with E-state index in [0.717, 1.165) is 25.8 Å². The molecule has 0 aliphatic carbocycles. The molecule has 3 nitrogen and oxygen atoms in total. The fraction of sp³-hybridized carbons (Fsp3) is 0.571. The molecule has 1 aromatic rings. The Balaban J connectivity index is 1.81. The average Bonchev–Trinajstić information content (AvgIpc) is 2.38. The first kappa shape index (κ1) is 13.6. The zero-order chi connectivity index (χ0) is 13.0. The highest BCUT2D eigenvalue weighted by atomic mass is 32.2. The zero-order valence-electron chi connectivity index (χ0n) is 10.9. The van der Waals surface area contributed by atoms with Gasteiger partial charge in [0.15, 0.2) is 0 Å². The van der Waals surface area contributed by atoms with Gasteiger partial charge in [-0.15, -0.1) is 0 Å². The highest BCUT2D eigenvalue weighted by molar-refractivity contribution is 7.91. The second-order valence-electron chi connectivity index (χ2n) is 4.98. The lowest BCUT2D eigenvalue weighted by Crippen LogP contribution is -2.37. The Kier molecular flexibility index (Phi) is 4.40. The minimum atomic E-state index is -2.75. The maximum absolute atomic E-state index is 11.3. The van der Waals surface area contributed by atoms with Gasteiger partial charge in [0.1, 0.15) is 9.84 Å². The summed E-state index contributed by atoms with van der Waals surface area (Å²) in [5.74, 6) is 0.666. The summed E-state index contributed by atoms with van der Waals surface area (Å²) < 4.78 is 22.6. The van der Waals surface area contributed by atoms with E-state index in [1.54, 1.807) is 0 Å². The molecule has 1 aromatic carbocycles. The van der Waals surface area contributed by atoms with E-state index in [1.807, 2.05) is 0 Å². The molecule has 1 aliphatic heterocycles. The molecule has 0 saturated carbocycles. The Morgan fingerprint density at radius 3 is 2.22 bits per heavy atom. The van der Waals surface area contributed by atoms with Crippen LogP contribution in [0.3, 0.4) is 0 Å². The Morgan fingerprint density at radius 2 is 1.67 bits per heavy atom. The number of rotatable bonds is 4. The zero-order valence-corrected chi connectivity index (χ0v) is 11.7. The number of sulfone groups is 1. The van der Waals surface area contributed by atoms with E-state index in [1.165, 1.54) is 11.1 Å². The summed E-state index contributed by atoms with van der Waals surface area (Å²) >= 11 is 0. The van der Waals surface area contributed by atoms with Crippen molar-refractivity contribution in [2.75, 3.05) is 11.5 Å². The van der Waals surface area contributed by atoms with Gasteiger partial charge in [-0.3, -0.25) is 0 Å². The van der Waals surface area contributed by atoms with Gasteiger partial charge in [0.2, 0.25) is 0 Å². The third-order valence-electron chi connectivity index (χ3n) is 3.58. The van der Waals surface area contributed by atoms with Crippen LogP contribution in [-0.2, 0) is 22.8 Å². The van der Waals surface area contributed by atoms with Crippen LogP contribution < -0.4 is 5.32 Å². The van der Waals surface area contributed by atoms with Gasteiger partial charge in [0.25, 0.3) is 0 Å². The molecule has 1 N–H and O–H groups in total. The van der Waals surface area contributed by atoms with Gasteiger partial charge in [0.05, 0.1) is 11.5 Å². The van der Waals surface area contributed by atoms with Gasteiger partial charge in [-0.2, -0.15) is 0 Å². The molecule has 0 atom stereocenters. The van der Waals surface area contributed by atoms with Crippen molar-refractivity contribution in [1.82, 2.24) is 5.32 Å². The third-order valence-corrected chi connectivity index (χ3v) is 5.30. The lowest BCUT2D eigenvalue weighted by molar-refractivity contribution is 0.463. The second-order valence-corrected chi connectivity index (χ2v) is 7.28. The largest absolute Gasteiger partial charge is 0.310 e. The van der Waals surface area contributed by atoms with E-state index in [9.17, 15) is 8.42 Å². The number of aryl methyl sites for hydroxylation is 1. The molecular formula is C14H21NO2S. The summed E-state index contributed by atoms with van der Waals surface area (Å²) in [6.45, 7) is 2.98. The van der Waals surface area contributed by atoms with E-state index < -0.39 is 9.84 Å². The van der Waals surface area contributed by atoms with Crippen molar-refractivity contribution in [3.05, 3.63) is 35.4 Å². The molecule has 0 radical (unpaired) electrons. The summed E-state index contributed by atoms with van der Waals surface area (Å²) in [6.07, 6.45) is 2.55. The maximum Gasteiger partial charge on any atom is 0.150 e. The molecule has 2 rings (SSSR count). The molecule has 1 heterocycles. The molecular weight excluding hydrogens is 246 g/mol. The highest BCUT2D eigenvalue weighted by Crippen LogP contribution is 2.13. The number of hydrogen-bond acceptors (Lipinski definition) is 3. The van der Waals surface area contributed by atoms with Crippen molar-refractivity contribution in [1.29, 1.82) is 0 Å². The van der Waals surface area contributed by atoms with Gasteiger partial charge >= 0.3 is 0 Å². The molecule has 100 valence electrons. The van der Waals surface area contributed by atoms with Crippen LogP contribution in [0.2, 0.25) is 0 Å². The van der Waals surface area contributed by atoms with Crippen LogP contribution in [0.25, 0.3) is 0 Å². The third kappa shape index (κ3) is 3.82. The molecule has 1 aliphatic rings. The number of hydrogen-bond donors (Lipinski definition) is 1. The fourth-order valence-corrected chi connectivity index (χ4v) is 3.74. The number of nitrogens with one attached hydrogen (secondary N) is 1. The van der Waals surface area contributed by atoms with Crippen molar-refractivity contribution < 1.29 is 8.42 Å². The summed E-state index contributed by atoms with van der Waals surface area (Å²) in [6, 6.07) is 8.95. The summed E-state index contributed by atoms with van der Waals surface area (Å²) in [5.41, 5.74) is 2.61. The van der Waals surface area contributed by atoms with E-state index in [0.29, 0.717) is 17.5 Å². The van der Waals surface area contributed by atoms with Crippen molar-refractivity contribution in [2.24, 2.45) is 0 Å². The van der Waals surface area contributed by atoms with E-state index >= 15 is 0 Å².